The van der Waals surface area contributed by atoms with Gasteiger partial charge in [0.15, 0.2) is 0 Å². The van der Waals surface area contributed by atoms with Crippen molar-refractivity contribution < 1.29 is 9.59 Å². The quantitative estimate of drug-likeness (QED) is 0.743. The van der Waals surface area contributed by atoms with E-state index in [9.17, 15) is 9.59 Å². The third-order valence-corrected chi connectivity index (χ3v) is 3.95. The minimum Gasteiger partial charge on any atom is -0.397 e. The summed E-state index contributed by atoms with van der Waals surface area (Å²) in [6.45, 7) is 2.68. The molecule has 7 heteroatoms. The molecule has 1 aromatic heterocycles. The predicted molar refractivity (Wildman–Crippen MR) is 74.5 cm³/mol. The first-order valence-electron chi connectivity index (χ1n) is 5.55. The van der Waals surface area contributed by atoms with Gasteiger partial charge in [-0.05, 0) is 6.92 Å². The number of rotatable bonds is 4. The van der Waals surface area contributed by atoms with Crippen molar-refractivity contribution in [2.24, 2.45) is 0 Å². The summed E-state index contributed by atoms with van der Waals surface area (Å²) in [4.78, 5) is 25.8. The number of nitrogens with two attached hydrogens (primary N) is 1. The molecule has 0 fully saturated rings. The molecule has 0 aliphatic rings. The molecule has 18 heavy (non-hydrogen) atoms. The van der Waals surface area contributed by atoms with Crippen LogP contribution in [-0.2, 0) is 0 Å². The van der Waals surface area contributed by atoms with Gasteiger partial charge < -0.3 is 21.3 Å². The number of hydrogen-bond acceptors (Lipinski definition) is 5. The average molecular weight is 270 g/mol. The molecule has 0 saturated carbocycles. The number of nitrogens with one attached hydrogen (secondary N) is 2. The van der Waals surface area contributed by atoms with E-state index in [1.165, 1.54) is 25.4 Å². The number of nitrogen functional groups attached to an aromatic ring is 1. The molecule has 1 aromatic rings. The second-order valence-corrected chi connectivity index (χ2v) is 4.70. The zero-order chi connectivity index (χ0) is 13.9. The lowest BCUT2D eigenvalue weighted by atomic mass is 10.2. The molecule has 0 spiro atoms. The van der Waals surface area contributed by atoms with E-state index in [4.69, 9.17) is 5.73 Å². The van der Waals surface area contributed by atoms with Gasteiger partial charge in [-0.1, -0.05) is 0 Å². The molecule has 0 aromatic carbocycles. The SMILES string of the molecule is CCN(C)c1sc(C(=O)NC)c(N)c1C(=O)NC. The highest BCUT2D eigenvalue weighted by Gasteiger charge is 2.25. The minimum atomic E-state index is -0.283. The van der Waals surface area contributed by atoms with Gasteiger partial charge in [-0.2, -0.15) is 0 Å². The van der Waals surface area contributed by atoms with E-state index in [1.54, 1.807) is 0 Å². The van der Waals surface area contributed by atoms with Crippen molar-refractivity contribution in [2.45, 2.75) is 6.92 Å². The highest BCUT2D eigenvalue weighted by molar-refractivity contribution is 7.19. The molecule has 0 atom stereocenters. The molecule has 0 saturated heterocycles. The van der Waals surface area contributed by atoms with Crippen LogP contribution in [0.15, 0.2) is 0 Å². The van der Waals surface area contributed by atoms with Gasteiger partial charge in [0.2, 0.25) is 0 Å². The van der Waals surface area contributed by atoms with Gasteiger partial charge in [0.1, 0.15) is 9.88 Å². The number of amides is 2. The fourth-order valence-corrected chi connectivity index (χ4v) is 2.66. The van der Waals surface area contributed by atoms with Crippen LogP contribution in [0.3, 0.4) is 0 Å². The highest BCUT2D eigenvalue weighted by Crippen LogP contribution is 2.37. The summed E-state index contributed by atoms with van der Waals surface area (Å²) in [7, 11) is 4.92. The number of nitrogens with zero attached hydrogens (tertiary/aromatic N) is 1. The maximum atomic E-state index is 11.9. The summed E-state index contributed by atoms with van der Waals surface area (Å²) in [5, 5.41) is 5.76. The van der Waals surface area contributed by atoms with Crippen molar-refractivity contribution in [1.29, 1.82) is 0 Å². The molecule has 0 aliphatic carbocycles. The average Bonchev–Trinajstić information content (AvgIpc) is 2.73. The lowest BCUT2D eigenvalue weighted by Crippen LogP contribution is -2.24. The van der Waals surface area contributed by atoms with Crippen molar-refractivity contribution in [3.63, 3.8) is 0 Å². The van der Waals surface area contributed by atoms with E-state index >= 15 is 0 Å². The standard InChI is InChI=1S/C11H18N4O2S/c1-5-15(4)11-6(9(16)13-2)7(12)8(18-11)10(17)14-3/h5,12H2,1-4H3,(H,13,16)(H,14,17). The van der Waals surface area contributed by atoms with Crippen molar-refractivity contribution >= 4 is 33.8 Å². The number of thiophene rings is 1. The molecule has 100 valence electrons. The second kappa shape index (κ2) is 5.72. The number of carbonyl (C=O) groups excluding carboxylic acids is 2. The van der Waals surface area contributed by atoms with Crippen LogP contribution in [0.5, 0.6) is 0 Å². The second-order valence-electron chi connectivity index (χ2n) is 3.70. The van der Waals surface area contributed by atoms with Gasteiger partial charge in [0.05, 0.1) is 11.3 Å². The Bertz CT molecular complexity index is 470. The monoisotopic (exact) mass is 270 g/mol. The number of anilines is 2. The van der Waals surface area contributed by atoms with E-state index in [1.807, 2.05) is 18.9 Å². The van der Waals surface area contributed by atoms with Crippen molar-refractivity contribution in [2.75, 3.05) is 38.3 Å². The third-order valence-electron chi connectivity index (χ3n) is 2.64. The number of hydrogen-bond donors (Lipinski definition) is 3. The van der Waals surface area contributed by atoms with E-state index in [2.05, 4.69) is 10.6 Å². The van der Waals surface area contributed by atoms with Crippen LogP contribution in [0.1, 0.15) is 27.0 Å². The molecule has 0 bridgehead atoms. The zero-order valence-corrected chi connectivity index (χ0v) is 11.8. The summed E-state index contributed by atoms with van der Waals surface area (Å²) in [5.41, 5.74) is 6.51. The van der Waals surface area contributed by atoms with Gasteiger partial charge in [-0.25, -0.2) is 0 Å². The van der Waals surface area contributed by atoms with Gasteiger partial charge >= 0.3 is 0 Å². The largest absolute Gasteiger partial charge is 0.397 e. The smallest absolute Gasteiger partial charge is 0.263 e. The normalized spacial score (nSPS) is 10.0. The molecular formula is C11H18N4O2S. The Kier molecular flexibility index (Phi) is 4.55. The van der Waals surface area contributed by atoms with Gasteiger partial charge in [0.25, 0.3) is 11.8 Å². The molecule has 1 rings (SSSR count). The Morgan fingerprint density at radius 3 is 2.28 bits per heavy atom. The Labute approximate surface area is 110 Å². The zero-order valence-electron chi connectivity index (χ0n) is 11.0. The van der Waals surface area contributed by atoms with Crippen LogP contribution in [0.4, 0.5) is 10.7 Å². The first kappa shape index (κ1) is 14.3. The van der Waals surface area contributed by atoms with E-state index < -0.39 is 0 Å². The molecule has 6 nitrogen and oxygen atoms in total. The molecule has 1 heterocycles. The maximum Gasteiger partial charge on any atom is 0.263 e. The highest BCUT2D eigenvalue weighted by atomic mass is 32.1. The summed E-state index contributed by atoms with van der Waals surface area (Å²) >= 11 is 1.22. The molecular weight excluding hydrogens is 252 g/mol. The number of carbonyl (C=O) groups is 2. The third kappa shape index (κ3) is 2.40. The lowest BCUT2D eigenvalue weighted by molar-refractivity contribution is 0.0963. The minimum absolute atomic E-state index is 0.231. The van der Waals surface area contributed by atoms with Crippen LogP contribution in [0, 0.1) is 0 Å². The van der Waals surface area contributed by atoms with Gasteiger partial charge in [0, 0.05) is 27.7 Å². The Morgan fingerprint density at radius 1 is 1.28 bits per heavy atom. The molecule has 2 amide bonds. The van der Waals surface area contributed by atoms with Gasteiger partial charge in [-0.15, -0.1) is 11.3 Å². The Hall–Kier alpha value is -1.76. The Balaban J connectivity index is 3.40. The van der Waals surface area contributed by atoms with Crippen LogP contribution in [-0.4, -0.2) is 39.5 Å². The van der Waals surface area contributed by atoms with E-state index in [-0.39, 0.29) is 17.5 Å². The van der Waals surface area contributed by atoms with Crippen LogP contribution < -0.4 is 21.3 Å². The summed E-state index contributed by atoms with van der Waals surface area (Å²) < 4.78 is 0. The van der Waals surface area contributed by atoms with Crippen molar-refractivity contribution in [3.8, 4) is 0 Å². The van der Waals surface area contributed by atoms with Crippen molar-refractivity contribution in [1.82, 2.24) is 10.6 Å². The van der Waals surface area contributed by atoms with Crippen LogP contribution >= 0.6 is 11.3 Å². The summed E-state index contributed by atoms with van der Waals surface area (Å²) in [6.07, 6.45) is 0. The Morgan fingerprint density at radius 2 is 1.83 bits per heavy atom. The maximum absolute atomic E-state index is 11.9. The van der Waals surface area contributed by atoms with E-state index in [0.29, 0.717) is 15.4 Å². The topological polar surface area (TPSA) is 87.5 Å². The molecule has 0 aliphatic heterocycles. The van der Waals surface area contributed by atoms with Gasteiger partial charge in [-0.3, -0.25) is 9.59 Å². The fraction of sp³-hybridized carbons (Fsp3) is 0.455. The lowest BCUT2D eigenvalue weighted by Gasteiger charge is -2.16. The fourth-order valence-electron chi connectivity index (χ4n) is 1.47. The first-order valence-corrected chi connectivity index (χ1v) is 6.37. The van der Waals surface area contributed by atoms with Crippen LogP contribution in [0.2, 0.25) is 0 Å². The molecule has 4 N–H and O–H groups in total. The summed E-state index contributed by atoms with van der Waals surface area (Å²) in [6, 6.07) is 0. The molecule has 0 radical (unpaired) electrons. The van der Waals surface area contributed by atoms with Crippen molar-refractivity contribution in [3.05, 3.63) is 10.4 Å². The summed E-state index contributed by atoms with van der Waals surface area (Å²) in [5.74, 6) is -0.562. The van der Waals surface area contributed by atoms with E-state index in [0.717, 1.165) is 6.54 Å². The molecule has 0 unspecified atom stereocenters. The predicted octanol–water partition coefficient (Wildman–Crippen LogP) is 0.506. The van der Waals surface area contributed by atoms with Crippen LogP contribution in [0.25, 0.3) is 0 Å². The first-order chi connectivity index (χ1) is 8.47.